The largest absolute Gasteiger partial charge is 0.394 e. The molecular weight excluding hydrogens is 292 g/mol. The summed E-state index contributed by atoms with van der Waals surface area (Å²) in [6.07, 6.45) is -0.362. The van der Waals surface area contributed by atoms with Gasteiger partial charge in [0, 0.05) is 11.8 Å². The molecule has 0 aliphatic carbocycles. The number of aliphatic hydroxyl groups excluding tert-OH is 3. The Morgan fingerprint density at radius 3 is 2.82 bits per heavy atom. The second-order valence-electron chi connectivity index (χ2n) is 4.76. The molecule has 118 valence electrons. The van der Waals surface area contributed by atoms with Gasteiger partial charge in [-0.1, -0.05) is 12.2 Å². The van der Waals surface area contributed by atoms with E-state index in [2.05, 4.69) is 4.98 Å². The normalized spacial score (nSPS) is 28.1. The number of ether oxygens (including phenoxy) is 1. The van der Waals surface area contributed by atoms with E-state index in [1.807, 2.05) is 6.07 Å². The van der Waals surface area contributed by atoms with Gasteiger partial charge in [0.2, 0.25) is 0 Å². The number of hydrogen-bond acceptors (Lipinski definition) is 8. The van der Waals surface area contributed by atoms with Crippen LogP contribution in [0.5, 0.6) is 0 Å². The lowest BCUT2D eigenvalue weighted by Gasteiger charge is -2.18. The van der Waals surface area contributed by atoms with Crippen LogP contribution in [0.15, 0.2) is 17.1 Å². The minimum Gasteiger partial charge on any atom is -0.394 e. The summed E-state index contributed by atoms with van der Waals surface area (Å²) in [5.41, 5.74) is 5.24. The summed E-state index contributed by atoms with van der Waals surface area (Å²) in [6, 6.07) is 1.92. The van der Waals surface area contributed by atoms with Gasteiger partial charge in [-0.2, -0.15) is 10.2 Å². The summed E-state index contributed by atoms with van der Waals surface area (Å²) in [6.45, 7) is -0.499. The van der Waals surface area contributed by atoms with Crippen LogP contribution in [-0.2, 0) is 4.74 Å². The molecule has 9 heteroatoms. The number of aliphatic hydroxyl groups is 3. The smallest absolute Gasteiger partial charge is 0.351 e. The van der Waals surface area contributed by atoms with Crippen LogP contribution in [0, 0.1) is 11.3 Å². The van der Waals surface area contributed by atoms with Crippen LogP contribution in [0.1, 0.15) is 18.2 Å². The van der Waals surface area contributed by atoms with Gasteiger partial charge in [0.25, 0.3) is 0 Å². The number of nitriles is 1. The molecule has 1 saturated heterocycles. The fourth-order valence-electron chi connectivity index (χ4n) is 2.16. The molecule has 0 radical (unpaired) electrons. The number of allylic oxidation sites excluding steroid dienone is 1. The molecule has 0 bridgehead atoms. The maximum Gasteiger partial charge on any atom is 0.351 e. The molecule has 5 N–H and O–H groups in total. The van der Waals surface area contributed by atoms with Crippen molar-refractivity contribution < 1.29 is 20.1 Å². The number of hydrogen-bond donors (Lipinski definition) is 4. The van der Waals surface area contributed by atoms with Gasteiger partial charge < -0.3 is 25.8 Å². The lowest BCUT2D eigenvalue weighted by Crippen LogP contribution is -2.36. The van der Waals surface area contributed by atoms with Gasteiger partial charge in [-0.15, -0.1) is 0 Å². The van der Waals surface area contributed by atoms with Gasteiger partial charge in [0.1, 0.15) is 24.1 Å². The average Bonchev–Trinajstić information content (AvgIpc) is 2.77. The van der Waals surface area contributed by atoms with Crippen molar-refractivity contribution in [3.8, 4) is 6.07 Å². The monoisotopic (exact) mass is 308 g/mol. The van der Waals surface area contributed by atoms with Crippen LogP contribution in [0.25, 0.3) is 6.08 Å². The van der Waals surface area contributed by atoms with Crippen molar-refractivity contribution in [1.29, 1.82) is 5.26 Å². The third kappa shape index (κ3) is 3.00. The van der Waals surface area contributed by atoms with E-state index in [1.54, 1.807) is 6.08 Å². The number of nitrogens with zero attached hydrogens (tertiary/aromatic N) is 3. The first-order valence-electron chi connectivity index (χ1n) is 6.54. The molecule has 1 aromatic rings. The quantitative estimate of drug-likeness (QED) is 0.516. The second-order valence-corrected chi connectivity index (χ2v) is 4.76. The molecule has 2 rings (SSSR count). The average molecular weight is 308 g/mol. The fourth-order valence-corrected chi connectivity index (χ4v) is 2.16. The van der Waals surface area contributed by atoms with E-state index in [0.717, 1.165) is 4.57 Å². The highest BCUT2D eigenvalue weighted by atomic mass is 16.6. The molecular formula is C13H16N4O5. The van der Waals surface area contributed by atoms with Crippen molar-refractivity contribution in [3.05, 3.63) is 28.3 Å². The molecule has 0 spiro atoms. The summed E-state index contributed by atoms with van der Waals surface area (Å²) < 4.78 is 6.27. The van der Waals surface area contributed by atoms with E-state index in [-0.39, 0.29) is 12.2 Å². The van der Waals surface area contributed by atoms with E-state index < -0.39 is 36.8 Å². The highest BCUT2D eigenvalue weighted by Crippen LogP contribution is 2.28. The van der Waals surface area contributed by atoms with Crippen molar-refractivity contribution >= 4 is 11.9 Å². The van der Waals surface area contributed by atoms with Gasteiger partial charge in [0.15, 0.2) is 6.23 Å². The zero-order valence-corrected chi connectivity index (χ0v) is 11.5. The highest BCUT2D eigenvalue weighted by molar-refractivity contribution is 5.59. The van der Waals surface area contributed by atoms with Crippen molar-refractivity contribution in [3.63, 3.8) is 0 Å². The van der Waals surface area contributed by atoms with Crippen LogP contribution >= 0.6 is 0 Å². The van der Waals surface area contributed by atoms with Gasteiger partial charge in [-0.05, 0) is 0 Å². The zero-order valence-electron chi connectivity index (χ0n) is 11.5. The van der Waals surface area contributed by atoms with E-state index >= 15 is 0 Å². The van der Waals surface area contributed by atoms with Crippen molar-refractivity contribution in [2.45, 2.75) is 31.0 Å². The Morgan fingerprint density at radius 2 is 2.23 bits per heavy atom. The standard InChI is InChI=1S/C13H16N4O5/c14-4-2-1-3-7-5-17(13(21)16-11(7)15)12-10(20)9(19)8(6-18)22-12/h1,3,5,8-10,12,18-20H,2,6H2,(H2,15,16,21)/t8-,9-,10-,12-/m1/s1. The first-order chi connectivity index (χ1) is 10.5. The first kappa shape index (κ1) is 16.1. The Hall–Kier alpha value is -2.25. The Morgan fingerprint density at radius 1 is 1.50 bits per heavy atom. The van der Waals surface area contributed by atoms with E-state index in [9.17, 15) is 15.0 Å². The fraction of sp³-hybridized carbons (Fsp3) is 0.462. The SMILES string of the molecule is N#CCC=Cc1cn([C@@H]2O[C@H](CO)[C@@H](O)[C@H]2O)c(=O)nc1N. The molecule has 4 atom stereocenters. The predicted octanol–water partition coefficient (Wildman–Crippen LogP) is -1.64. The highest BCUT2D eigenvalue weighted by Gasteiger charge is 2.43. The summed E-state index contributed by atoms with van der Waals surface area (Å²) in [5.74, 6) is -0.0258. The Labute approximate surface area is 125 Å². The molecule has 0 amide bonds. The van der Waals surface area contributed by atoms with Crippen LogP contribution in [0.3, 0.4) is 0 Å². The van der Waals surface area contributed by atoms with Crippen LogP contribution in [0.2, 0.25) is 0 Å². The van der Waals surface area contributed by atoms with E-state index in [0.29, 0.717) is 5.56 Å². The first-order valence-corrected chi connectivity index (χ1v) is 6.54. The molecule has 22 heavy (non-hydrogen) atoms. The third-order valence-electron chi connectivity index (χ3n) is 3.31. The van der Waals surface area contributed by atoms with E-state index in [4.69, 9.17) is 20.8 Å². The second kappa shape index (κ2) is 6.67. The van der Waals surface area contributed by atoms with Crippen molar-refractivity contribution in [1.82, 2.24) is 9.55 Å². The minimum absolute atomic E-state index is 0.0258. The molecule has 9 nitrogen and oxygen atoms in total. The Kier molecular flexibility index (Phi) is 4.89. The van der Waals surface area contributed by atoms with Crippen LogP contribution < -0.4 is 11.4 Å². The maximum absolute atomic E-state index is 11.9. The summed E-state index contributed by atoms with van der Waals surface area (Å²) in [4.78, 5) is 15.5. The lowest BCUT2D eigenvalue weighted by atomic mass is 10.1. The molecule has 1 aliphatic rings. The maximum atomic E-state index is 11.9. The molecule has 0 unspecified atom stereocenters. The molecule has 2 heterocycles. The molecule has 1 fully saturated rings. The predicted molar refractivity (Wildman–Crippen MR) is 75.2 cm³/mol. The molecule has 1 aromatic heterocycles. The van der Waals surface area contributed by atoms with Crippen LogP contribution in [-0.4, -0.2) is 49.8 Å². The summed E-state index contributed by atoms with van der Waals surface area (Å²) in [7, 11) is 0. The van der Waals surface area contributed by atoms with Crippen molar-refractivity contribution in [2.75, 3.05) is 12.3 Å². The number of aromatic nitrogens is 2. The minimum atomic E-state index is -1.39. The lowest BCUT2D eigenvalue weighted by molar-refractivity contribution is -0.0549. The summed E-state index contributed by atoms with van der Waals surface area (Å²) >= 11 is 0. The topological polar surface area (TPSA) is 155 Å². The van der Waals surface area contributed by atoms with Gasteiger partial charge in [0.05, 0.1) is 19.1 Å². The third-order valence-corrected chi connectivity index (χ3v) is 3.31. The zero-order chi connectivity index (χ0) is 16.3. The molecule has 0 saturated carbocycles. The van der Waals surface area contributed by atoms with Crippen molar-refractivity contribution in [2.24, 2.45) is 0 Å². The van der Waals surface area contributed by atoms with Gasteiger partial charge in [-0.25, -0.2) is 4.79 Å². The Balaban J connectivity index is 2.37. The number of rotatable bonds is 4. The molecule has 0 aromatic carbocycles. The van der Waals surface area contributed by atoms with Crippen LogP contribution in [0.4, 0.5) is 5.82 Å². The summed E-state index contributed by atoms with van der Waals surface area (Å²) in [5, 5.41) is 37.2. The molecule has 1 aliphatic heterocycles. The van der Waals surface area contributed by atoms with Gasteiger partial charge >= 0.3 is 5.69 Å². The number of nitrogen functional groups attached to an aromatic ring is 1. The number of nitrogens with two attached hydrogens (primary N) is 1. The number of anilines is 1. The van der Waals surface area contributed by atoms with E-state index in [1.165, 1.54) is 12.3 Å². The van der Waals surface area contributed by atoms with Gasteiger partial charge in [-0.3, -0.25) is 4.57 Å². The Bertz CT molecular complexity index is 665.